The van der Waals surface area contributed by atoms with E-state index in [4.69, 9.17) is 0 Å². The molecule has 2 saturated heterocycles. The van der Waals surface area contributed by atoms with Gasteiger partial charge in [0.2, 0.25) is 0 Å². The number of halogens is 3. The second kappa shape index (κ2) is 7.35. The fourth-order valence-electron chi connectivity index (χ4n) is 3.68. The number of carbonyl (C=O) groups is 3. The summed E-state index contributed by atoms with van der Waals surface area (Å²) in [6.45, 7) is 1.86. The molecule has 2 fully saturated rings. The molecule has 8 nitrogen and oxygen atoms in total. The van der Waals surface area contributed by atoms with Crippen LogP contribution >= 0.6 is 11.5 Å². The van der Waals surface area contributed by atoms with E-state index in [0.29, 0.717) is 17.0 Å². The second-order valence-corrected chi connectivity index (χ2v) is 7.85. The lowest BCUT2D eigenvalue weighted by molar-refractivity contribution is -0.137. The van der Waals surface area contributed by atoms with Crippen molar-refractivity contribution in [2.24, 2.45) is 0 Å². The minimum Gasteiger partial charge on any atom is -0.348 e. The Balaban J connectivity index is 1.51. The van der Waals surface area contributed by atoms with E-state index in [2.05, 4.69) is 14.9 Å². The zero-order valence-corrected chi connectivity index (χ0v) is 16.5. The van der Waals surface area contributed by atoms with Crippen molar-refractivity contribution < 1.29 is 27.6 Å². The lowest BCUT2D eigenvalue weighted by atomic mass is 9.98. The van der Waals surface area contributed by atoms with Gasteiger partial charge >= 0.3 is 12.2 Å². The molecule has 1 N–H and O–H groups in total. The first-order valence-corrected chi connectivity index (χ1v) is 9.86. The van der Waals surface area contributed by atoms with Crippen molar-refractivity contribution >= 4 is 35.1 Å². The number of nitrogens with zero attached hydrogens (tertiary/aromatic N) is 4. The van der Waals surface area contributed by atoms with Crippen LogP contribution in [0.4, 0.5) is 23.7 Å². The van der Waals surface area contributed by atoms with Crippen LogP contribution in [-0.2, 0) is 11.0 Å². The lowest BCUT2D eigenvalue weighted by Crippen LogP contribution is -2.49. The summed E-state index contributed by atoms with van der Waals surface area (Å²) in [5.41, 5.74) is -0.567. The summed E-state index contributed by atoms with van der Waals surface area (Å²) in [6, 6.07) is 2.26. The van der Waals surface area contributed by atoms with Gasteiger partial charge in [0, 0.05) is 12.6 Å². The number of anilines is 1. The molecule has 0 spiro atoms. The van der Waals surface area contributed by atoms with E-state index in [1.807, 2.05) is 0 Å². The first kappa shape index (κ1) is 20.3. The van der Waals surface area contributed by atoms with Gasteiger partial charge in [0.25, 0.3) is 11.8 Å². The average molecular weight is 439 g/mol. The van der Waals surface area contributed by atoms with Gasteiger partial charge in [-0.3, -0.25) is 9.59 Å². The van der Waals surface area contributed by atoms with Crippen molar-refractivity contribution in [3.63, 3.8) is 0 Å². The predicted octanol–water partition coefficient (Wildman–Crippen LogP) is 2.59. The molecule has 1 aromatic heterocycles. The summed E-state index contributed by atoms with van der Waals surface area (Å²) in [4.78, 5) is 40.5. The number of fused-ring (bicyclic) bond motifs is 1. The average Bonchev–Trinajstić information content (AvgIpc) is 3.23. The molecule has 0 bridgehead atoms. The molecule has 0 unspecified atom stereocenters. The maximum Gasteiger partial charge on any atom is 0.416 e. The van der Waals surface area contributed by atoms with Crippen LogP contribution in [0.1, 0.15) is 33.8 Å². The summed E-state index contributed by atoms with van der Waals surface area (Å²) in [5, 5.41) is 6.62. The Morgan fingerprint density at radius 2 is 2.07 bits per heavy atom. The molecular formula is C18H16F3N5O3S. The van der Waals surface area contributed by atoms with Gasteiger partial charge < -0.3 is 10.2 Å². The van der Waals surface area contributed by atoms with E-state index in [1.165, 1.54) is 11.0 Å². The Morgan fingerprint density at radius 1 is 1.30 bits per heavy atom. The van der Waals surface area contributed by atoms with Gasteiger partial charge in [-0.2, -0.15) is 13.2 Å². The molecule has 1 aromatic carbocycles. The number of nitrogens with one attached hydrogen (secondary N) is 1. The largest absolute Gasteiger partial charge is 0.416 e. The van der Waals surface area contributed by atoms with Gasteiger partial charge in [-0.1, -0.05) is 10.6 Å². The number of aromatic nitrogens is 2. The molecule has 4 rings (SSSR count). The first-order chi connectivity index (χ1) is 14.2. The van der Waals surface area contributed by atoms with Crippen LogP contribution in [0, 0.1) is 6.92 Å². The molecule has 30 heavy (non-hydrogen) atoms. The molecule has 0 radical (unpaired) electrons. The maximum atomic E-state index is 13.0. The summed E-state index contributed by atoms with van der Waals surface area (Å²) in [6.07, 6.45) is -3.99. The smallest absolute Gasteiger partial charge is 0.348 e. The van der Waals surface area contributed by atoms with Crippen LogP contribution < -0.4 is 10.2 Å². The monoisotopic (exact) mass is 439 g/mol. The lowest BCUT2D eigenvalue weighted by Gasteiger charge is -2.32. The highest BCUT2D eigenvalue weighted by Gasteiger charge is 2.49. The van der Waals surface area contributed by atoms with Crippen LogP contribution in [0.3, 0.4) is 0 Å². The number of aryl methyl sites for hydroxylation is 1. The summed E-state index contributed by atoms with van der Waals surface area (Å²) >= 11 is 0.963. The van der Waals surface area contributed by atoms with E-state index < -0.39 is 29.7 Å². The van der Waals surface area contributed by atoms with Gasteiger partial charge in [-0.25, -0.2) is 9.69 Å². The van der Waals surface area contributed by atoms with Crippen molar-refractivity contribution in [2.75, 3.05) is 11.4 Å². The van der Waals surface area contributed by atoms with E-state index in [-0.39, 0.29) is 30.6 Å². The number of rotatable bonds is 3. The molecule has 2 aliphatic heterocycles. The number of urea groups is 1. The predicted molar refractivity (Wildman–Crippen MR) is 100.0 cm³/mol. The second-order valence-electron chi connectivity index (χ2n) is 7.10. The Labute approximate surface area is 172 Å². The number of hydrogen-bond acceptors (Lipinski definition) is 6. The molecular weight excluding hydrogens is 423 g/mol. The number of hydrogen-bond donors (Lipinski definition) is 1. The zero-order chi connectivity index (χ0) is 21.6. The highest BCUT2D eigenvalue weighted by Crippen LogP contribution is 2.35. The van der Waals surface area contributed by atoms with Gasteiger partial charge in [0.15, 0.2) is 0 Å². The van der Waals surface area contributed by atoms with Crippen LogP contribution in [0.5, 0.6) is 0 Å². The van der Waals surface area contributed by atoms with Crippen molar-refractivity contribution in [1.29, 1.82) is 0 Å². The normalized spacial score (nSPS) is 21.7. The third kappa shape index (κ3) is 3.51. The van der Waals surface area contributed by atoms with E-state index >= 15 is 0 Å². The third-order valence-electron chi connectivity index (χ3n) is 5.17. The molecule has 0 saturated carbocycles. The number of alkyl halides is 3. The number of imide groups is 1. The first-order valence-electron chi connectivity index (χ1n) is 9.08. The SMILES string of the molecule is Cc1nnsc1C(=O)N[C@H]1CCN2C(=O)N(c3cccc(C(F)(F)F)c3)C(=O)[C@@H]2C1. The molecule has 2 aliphatic rings. The minimum atomic E-state index is -4.59. The Bertz CT molecular complexity index is 1020. The van der Waals surface area contributed by atoms with Crippen molar-refractivity contribution in [3.05, 3.63) is 40.4 Å². The molecule has 2 atom stereocenters. The van der Waals surface area contributed by atoms with Crippen LogP contribution in [0.15, 0.2) is 24.3 Å². The fourth-order valence-corrected chi connectivity index (χ4v) is 4.24. The molecule has 0 aliphatic carbocycles. The number of amides is 4. The molecule has 12 heteroatoms. The Morgan fingerprint density at radius 3 is 2.73 bits per heavy atom. The summed E-state index contributed by atoms with van der Waals surface area (Å²) in [5.74, 6) is -0.957. The molecule has 158 valence electrons. The summed E-state index contributed by atoms with van der Waals surface area (Å²) < 4.78 is 42.8. The quantitative estimate of drug-likeness (QED) is 0.742. The topological polar surface area (TPSA) is 95.5 Å². The van der Waals surface area contributed by atoms with Crippen LogP contribution in [0.2, 0.25) is 0 Å². The van der Waals surface area contributed by atoms with E-state index in [9.17, 15) is 27.6 Å². The molecule has 4 amide bonds. The standard InChI is InChI=1S/C18H16F3N5O3S/c1-9-14(30-24-23-9)15(27)22-11-5-6-25-13(8-11)16(28)26(17(25)29)12-4-2-3-10(7-12)18(19,20)21/h2-4,7,11,13H,5-6,8H2,1H3,(H,22,27)/t11-,13-/m0/s1. The minimum absolute atomic E-state index is 0.124. The van der Waals surface area contributed by atoms with Crippen molar-refractivity contribution in [1.82, 2.24) is 19.8 Å². The van der Waals surface area contributed by atoms with Crippen molar-refractivity contribution in [2.45, 2.75) is 38.0 Å². The zero-order valence-electron chi connectivity index (χ0n) is 15.6. The fraction of sp³-hybridized carbons (Fsp3) is 0.389. The number of carbonyl (C=O) groups excluding carboxylic acids is 3. The number of piperidine rings is 1. The Kier molecular flexibility index (Phi) is 4.96. The summed E-state index contributed by atoms with van der Waals surface area (Å²) in [7, 11) is 0. The van der Waals surface area contributed by atoms with Crippen molar-refractivity contribution in [3.8, 4) is 0 Å². The Hall–Kier alpha value is -3.02. The van der Waals surface area contributed by atoms with Gasteiger partial charge in [-0.15, -0.1) is 5.10 Å². The number of benzene rings is 1. The highest BCUT2D eigenvalue weighted by atomic mass is 32.1. The third-order valence-corrected chi connectivity index (χ3v) is 6.00. The van der Waals surface area contributed by atoms with Gasteiger partial charge in [-0.05, 0) is 49.5 Å². The van der Waals surface area contributed by atoms with Gasteiger partial charge in [0.1, 0.15) is 10.9 Å². The maximum absolute atomic E-state index is 13.0. The van der Waals surface area contributed by atoms with Gasteiger partial charge in [0.05, 0.1) is 16.9 Å². The van der Waals surface area contributed by atoms with E-state index in [0.717, 1.165) is 34.6 Å². The molecule has 2 aromatic rings. The molecule has 3 heterocycles. The van der Waals surface area contributed by atoms with E-state index in [1.54, 1.807) is 6.92 Å². The van der Waals surface area contributed by atoms with Crippen LogP contribution in [-0.4, -0.2) is 51.0 Å². The van der Waals surface area contributed by atoms with Crippen LogP contribution in [0.25, 0.3) is 0 Å². The highest BCUT2D eigenvalue weighted by molar-refractivity contribution is 7.08.